The van der Waals surface area contributed by atoms with Gasteiger partial charge < -0.3 is 15.4 Å². The van der Waals surface area contributed by atoms with Crippen molar-refractivity contribution in [3.63, 3.8) is 0 Å². The first kappa shape index (κ1) is 15.5. The Labute approximate surface area is 131 Å². The Morgan fingerprint density at radius 2 is 1.95 bits per heavy atom. The molecule has 2 aromatic carbocycles. The summed E-state index contributed by atoms with van der Waals surface area (Å²) in [5, 5.41) is 0.655. The average Bonchev–Trinajstić information content (AvgIpc) is 2.47. The lowest BCUT2D eigenvalue weighted by atomic mass is 10.0. The van der Waals surface area contributed by atoms with Crippen molar-refractivity contribution in [1.29, 1.82) is 0 Å². The third kappa shape index (κ3) is 3.61. The van der Waals surface area contributed by atoms with Crippen molar-refractivity contribution in [2.75, 3.05) is 24.8 Å². The standard InChI is InChI=1S/C17H21ClN2O/c1-12(10-13-6-4-5-7-17(13)21-3)20(2)16-9-8-14(18)11-15(16)19/h4-9,11-12H,10,19H2,1-3H3. The zero-order chi connectivity index (χ0) is 15.4. The lowest BCUT2D eigenvalue weighted by Gasteiger charge is -2.28. The molecule has 1 atom stereocenters. The first-order valence-electron chi connectivity index (χ1n) is 6.92. The summed E-state index contributed by atoms with van der Waals surface area (Å²) in [6, 6.07) is 14.0. The fourth-order valence-corrected chi connectivity index (χ4v) is 2.59. The molecule has 2 N–H and O–H groups in total. The minimum absolute atomic E-state index is 0.282. The van der Waals surface area contributed by atoms with Crippen LogP contribution in [0.5, 0.6) is 5.75 Å². The highest BCUT2D eigenvalue weighted by atomic mass is 35.5. The zero-order valence-electron chi connectivity index (χ0n) is 12.6. The second kappa shape index (κ2) is 6.72. The van der Waals surface area contributed by atoms with Gasteiger partial charge in [-0.05, 0) is 43.2 Å². The van der Waals surface area contributed by atoms with Gasteiger partial charge in [0.25, 0.3) is 0 Å². The average molecular weight is 305 g/mol. The first-order chi connectivity index (χ1) is 10.0. The van der Waals surface area contributed by atoms with Gasteiger partial charge in [0.05, 0.1) is 18.5 Å². The summed E-state index contributed by atoms with van der Waals surface area (Å²) < 4.78 is 5.41. The van der Waals surface area contributed by atoms with Crippen LogP contribution in [-0.4, -0.2) is 20.2 Å². The van der Waals surface area contributed by atoms with Crippen molar-refractivity contribution in [1.82, 2.24) is 0 Å². The first-order valence-corrected chi connectivity index (χ1v) is 7.30. The molecule has 21 heavy (non-hydrogen) atoms. The molecule has 2 rings (SSSR count). The summed E-state index contributed by atoms with van der Waals surface area (Å²) in [5.74, 6) is 0.918. The molecule has 0 amide bonds. The molecule has 0 spiro atoms. The number of likely N-dealkylation sites (N-methyl/N-ethyl adjacent to an activating group) is 1. The molecular formula is C17H21ClN2O. The lowest BCUT2D eigenvalue weighted by Crippen LogP contribution is -2.31. The van der Waals surface area contributed by atoms with Crippen LogP contribution in [0.2, 0.25) is 5.02 Å². The van der Waals surface area contributed by atoms with Crippen LogP contribution in [0.15, 0.2) is 42.5 Å². The topological polar surface area (TPSA) is 38.5 Å². The molecule has 4 heteroatoms. The van der Waals surface area contributed by atoms with Crippen LogP contribution in [0.3, 0.4) is 0 Å². The van der Waals surface area contributed by atoms with Gasteiger partial charge in [0, 0.05) is 18.1 Å². The van der Waals surface area contributed by atoms with E-state index in [9.17, 15) is 0 Å². The van der Waals surface area contributed by atoms with E-state index in [2.05, 4.69) is 17.9 Å². The van der Waals surface area contributed by atoms with Crippen LogP contribution in [0, 0.1) is 0 Å². The number of nitrogen functional groups attached to an aromatic ring is 1. The normalized spacial score (nSPS) is 12.0. The second-order valence-corrected chi connectivity index (χ2v) is 5.62. The predicted octanol–water partition coefficient (Wildman–Crippen LogP) is 4.00. The highest BCUT2D eigenvalue weighted by molar-refractivity contribution is 6.31. The van der Waals surface area contributed by atoms with E-state index in [1.165, 1.54) is 5.56 Å². The maximum absolute atomic E-state index is 6.06. The number of halogens is 1. The number of rotatable bonds is 5. The molecule has 0 fully saturated rings. The summed E-state index contributed by atoms with van der Waals surface area (Å²) >= 11 is 5.96. The summed E-state index contributed by atoms with van der Waals surface area (Å²) in [4.78, 5) is 2.16. The van der Waals surface area contributed by atoms with Crippen LogP contribution >= 0.6 is 11.6 Å². The summed E-state index contributed by atoms with van der Waals surface area (Å²) in [6.45, 7) is 2.17. The number of benzene rings is 2. The maximum Gasteiger partial charge on any atom is 0.122 e. The third-order valence-electron chi connectivity index (χ3n) is 3.74. The predicted molar refractivity (Wildman–Crippen MR) is 90.4 cm³/mol. The molecule has 0 aliphatic heterocycles. The molecular weight excluding hydrogens is 284 g/mol. The minimum Gasteiger partial charge on any atom is -0.496 e. The Balaban J connectivity index is 2.17. The van der Waals surface area contributed by atoms with Crippen molar-refractivity contribution in [2.24, 2.45) is 0 Å². The van der Waals surface area contributed by atoms with E-state index in [-0.39, 0.29) is 6.04 Å². The van der Waals surface area contributed by atoms with Crippen LogP contribution in [0.1, 0.15) is 12.5 Å². The SMILES string of the molecule is COc1ccccc1CC(C)N(C)c1ccc(Cl)cc1N. The number of nitrogens with two attached hydrogens (primary N) is 1. The van der Waals surface area contributed by atoms with E-state index in [1.54, 1.807) is 13.2 Å². The van der Waals surface area contributed by atoms with Crippen molar-refractivity contribution < 1.29 is 4.74 Å². The van der Waals surface area contributed by atoms with Crippen molar-refractivity contribution >= 4 is 23.0 Å². The van der Waals surface area contributed by atoms with Gasteiger partial charge in [0.15, 0.2) is 0 Å². The van der Waals surface area contributed by atoms with E-state index >= 15 is 0 Å². The van der Waals surface area contributed by atoms with Gasteiger partial charge in [-0.1, -0.05) is 29.8 Å². The van der Waals surface area contributed by atoms with Crippen LogP contribution < -0.4 is 15.4 Å². The van der Waals surface area contributed by atoms with E-state index in [4.69, 9.17) is 22.1 Å². The second-order valence-electron chi connectivity index (χ2n) is 5.18. The van der Waals surface area contributed by atoms with E-state index in [0.717, 1.165) is 17.9 Å². The Morgan fingerprint density at radius 1 is 1.24 bits per heavy atom. The quantitative estimate of drug-likeness (QED) is 0.849. The van der Waals surface area contributed by atoms with Gasteiger partial charge in [-0.2, -0.15) is 0 Å². The summed E-state index contributed by atoms with van der Waals surface area (Å²) in [7, 11) is 3.74. The van der Waals surface area contributed by atoms with Crippen molar-refractivity contribution in [3.05, 3.63) is 53.1 Å². The number of hydrogen-bond acceptors (Lipinski definition) is 3. The highest BCUT2D eigenvalue weighted by Gasteiger charge is 2.15. The molecule has 0 bridgehead atoms. The number of methoxy groups -OCH3 is 1. The third-order valence-corrected chi connectivity index (χ3v) is 3.97. The van der Waals surface area contributed by atoms with Crippen LogP contribution in [-0.2, 0) is 6.42 Å². The van der Waals surface area contributed by atoms with E-state index < -0.39 is 0 Å². The number of hydrogen-bond donors (Lipinski definition) is 1. The van der Waals surface area contributed by atoms with E-state index in [1.807, 2.05) is 37.4 Å². The van der Waals surface area contributed by atoms with Gasteiger partial charge in [-0.15, -0.1) is 0 Å². The van der Waals surface area contributed by atoms with Crippen molar-refractivity contribution in [2.45, 2.75) is 19.4 Å². The molecule has 112 valence electrons. The van der Waals surface area contributed by atoms with Gasteiger partial charge in [0.2, 0.25) is 0 Å². The smallest absolute Gasteiger partial charge is 0.122 e. The minimum atomic E-state index is 0.282. The Bertz CT molecular complexity index is 615. The van der Waals surface area contributed by atoms with Gasteiger partial charge in [0.1, 0.15) is 5.75 Å². The highest BCUT2D eigenvalue weighted by Crippen LogP contribution is 2.28. The maximum atomic E-state index is 6.06. The number of anilines is 2. The largest absolute Gasteiger partial charge is 0.496 e. The summed E-state index contributed by atoms with van der Waals surface area (Å²) in [6.07, 6.45) is 0.878. The molecule has 0 aliphatic rings. The lowest BCUT2D eigenvalue weighted by molar-refractivity contribution is 0.408. The fourth-order valence-electron chi connectivity index (χ4n) is 2.41. The molecule has 0 saturated heterocycles. The molecule has 1 unspecified atom stereocenters. The molecule has 2 aromatic rings. The van der Waals surface area contributed by atoms with Crippen LogP contribution in [0.4, 0.5) is 11.4 Å². The molecule has 0 heterocycles. The molecule has 3 nitrogen and oxygen atoms in total. The Hall–Kier alpha value is -1.87. The Kier molecular flexibility index (Phi) is 4.97. The Morgan fingerprint density at radius 3 is 2.62 bits per heavy atom. The monoisotopic (exact) mass is 304 g/mol. The number of ether oxygens (including phenoxy) is 1. The molecule has 0 aliphatic carbocycles. The van der Waals surface area contributed by atoms with Gasteiger partial charge in [-0.25, -0.2) is 0 Å². The van der Waals surface area contributed by atoms with Crippen LogP contribution in [0.25, 0.3) is 0 Å². The van der Waals surface area contributed by atoms with Gasteiger partial charge >= 0.3 is 0 Å². The number of para-hydroxylation sites is 1. The van der Waals surface area contributed by atoms with E-state index in [0.29, 0.717) is 10.7 Å². The fraction of sp³-hybridized carbons (Fsp3) is 0.294. The molecule has 0 aromatic heterocycles. The molecule has 0 radical (unpaired) electrons. The van der Waals surface area contributed by atoms with Crippen molar-refractivity contribution in [3.8, 4) is 5.75 Å². The number of nitrogens with zero attached hydrogens (tertiary/aromatic N) is 1. The summed E-state index contributed by atoms with van der Waals surface area (Å²) in [5.41, 5.74) is 8.93. The zero-order valence-corrected chi connectivity index (χ0v) is 13.4. The van der Waals surface area contributed by atoms with Gasteiger partial charge in [-0.3, -0.25) is 0 Å². The molecule has 0 saturated carbocycles.